The highest BCUT2D eigenvalue weighted by molar-refractivity contribution is 6.42. The summed E-state index contributed by atoms with van der Waals surface area (Å²) >= 11 is 11.8. The van der Waals surface area contributed by atoms with Crippen molar-refractivity contribution in [3.05, 3.63) is 58.9 Å². The number of ether oxygens (including phenoxy) is 2. The number of hydrogen-bond acceptors (Lipinski definition) is 6. The Bertz CT molecular complexity index is 1270. The zero-order valence-electron chi connectivity index (χ0n) is 18.1. The number of carbonyl (C=O) groups is 1. The second-order valence-corrected chi connectivity index (χ2v) is 8.39. The summed E-state index contributed by atoms with van der Waals surface area (Å²) < 4.78 is 39.3. The summed E-state index contributed by atoms with van der Waals surface area (Å²) in [7, 11) is 1.51. The van der Waals surface area contributed by atoms with Crippen LogP contribution in [0.2, 0.25) is 10.0 Å². The molecular formula is C23H20Cl2F2N4O3. The molecule has 2 aromatic carbocycles. The Morgan fingerprint density at radius 2 is 1.94 bits per heavy atom. The van der Waals surface area contributed by atoms with Crippen molar-refractivity contribution < 1.29 is 23.0 Å². The van der Waals surface area contributed by atoms with Gasteiger partial charge >= 0.3 is 0 Å². The number of amides is 1. The predicted octanol–water partition coefficient (Wildman–Crippen LogP) is 5.68. The molecule has 11 heteroatoms. The summed E-state index contributed by atoms with van der Waals surface area (Å²) in [5, 5.41) is 3.39. The Hall–Kier alpha value is -3.17. The molecule has 0 unspecified atom stereocenters. The number of fused-ring (bicyclic) bond motifs is 1. The lowest BCUT2D eigenvalue weighted by molar-refractivity contribution is -0.130. The van der Waals surface area contributed by atoms with Gasteiger partial charge in [-0.3, -0.25) is 4.79 Å². The van der Waals surface area contributed by atoms with Crippen molar-refractivity contribution >= 4 is 51.5 Å². The molecule has 0 radical (unpaired) electrons. The number of hydrogen-bond donors (Lipinski definition) is 1. The van der Waals surface area contributed by atoms with Crippen molar-refractivity contribution in [3.8, 4) is 11.5 Å². The van der Waals surface area contributed by atoms with Crippen molar-refractivity contribution in [1.29, 1.82) is 0 Å². The van der Waals surface area contributed by atoms with Crippen LogP contribution < -0.4 is 14.8 Å². The summed E-state index contributed by atoms with van der Waals surface area (Å²) in [5.74, 6) is -1.17. The quantitative estimate of drug-likeness (QED) is 0.341. The molecule has 3 aromatic rings. The molecule has 1 saturated heterocycles. The third kappa shape index (κ3) is 4.85. The standard InChI is InChI=1S/C23H20Cl2F2N4O3/c1-12(26)23(32)31-7-5-13(6-8-31)34-19-9-14-17(10-18(19)33-2)28-11-29-22(14)30-16-4-3-15(24)20(25)21(16)27/h3-4,9-11,13H,1,5-8H2,2H3,(H,28,29,30). The summed E-state index contributed by atoms with van der Waals surface area (Å²) in [5.41, 5.74) is 0.642. The molecule has 0 bridgehead atoms. The number of piperidine rings is 1. The summed E-state index contributed by atoms with van der Waals surface area (Å²) in [6, 6.07) is 6.33. The van der Waals surface area contributed by atoms with Crippen molar-refractivity contribution in [2.24, 2.45) is 0 Å². The second-order valence-electron chi connectivity index (χ2n) is 7.60. The number of likely N-dealkylation sites (tertiary alicyclic amines) is 1. The number of nitrogens with zero attached hydrogens (tertiary/aromatic N) is 3. The Balaban J connectivity index is 1.60. The van der Waals surface area contributed by atoms with E-state index in [0.717, 1.165) is 0 Å². The molecule has 0 saturated carbocycles. The van der Waals surface area contributed by atoms with Crippen LogP contribution >= 0.6 is 23.2 Å². The number of benzene rings is 2. The summed E-state index contributed by atoms with van der Waals surface area (Å²) in [6.45, 7) is 3.74. The normalized spacial score (nSPS) is 14.2. The maximum absolute atomic E-state index is 14.6. The number of carbonyl (C=O) groups excluding carboxylic acids is 1. The van der Waals surface area contributed by atoms with E-state index in [1.807, 2.05) is 0 Å². The van der Waals surface area contributed by atoms with Gasteiger partial charge in [0.2, 0.25) is 0 Å². The first-order chi connectivity index (χ1) is 16.3. The topological polar surface area (TPSA) is 76.6 Å². The Labute approximate surface area is 204 Å². The molecule has 1 N–H and O–H groups in total. The molecule has 34 heavy (non-hydrogen) atoms. The maximum atomic E-state index is 14.6. The average molecular weight is 509 g/mol. The van der Waals surface area contributed by atoms with Gasteiger partial charge in [0.05, 0.1) is 28.4 Å². The fourth-order valence-corrected chi connectivity index (χ4v) is 4.00. The van der Waals surface area contributed by atoms with Gasteiger partial charge < -0.3 is 19.7 Å². The molecule has 1 aliphatic heterocycles. The third-order valence-electron chi connectivity index (χ3n) is 5.46. The molecule has 7 nitrogen and oxygen atoms in total. The molecule has 0 spiro atoms. The van der Waals surface area contributed by atoms with E-state index in [-0.39, 0.29) is 21.8 Å². The van der Waals surface area contributed by atoms with Crippen LogP contribution in [0.15, 0.2) is 43.0 Å². The lowest BCUT2D eigenvalue weighted by Crippen LogP contribution is -2.41. The van der Waals surface area contributed by atoms with Crippen LogP contribution in [0, 0.1) is 5.82 Å². The first-order valence-corrected chi connectivity index (χ1v) is 11.1. The number of halogens is 4. The number of aromatic nitrogens is 2. The molecular weight excluding hydrogens is 489 g/mol. The SMILES string of the molecule is C=C(F)C(=O)N1CCC(Oc2cc3c(Nc4ccc(Cl)c(Cl)c4F)ncnc3cc2OC)CC1. The van der Waals surface area contributed by atoms with Gasteiger partial charge in [0, 0.05) is 37.4 Å². The van der Waals surface area contributed by atoms with Crippen LogP contribution in [-0.4, -0.2) is 47.1 Å². The molecule has 1 aliphatic rings. The highest BCUT2D eigenvalue weighted by atomic mass is 35.5. The lowest BCUT2D eigenvalue weighted by atomic mass is 10.1. The van der Waals surface area contributed by atoms with E-state index in [9.17, 15) is 13.6 Å². The second kappa shape index (κ2) is 9.99. The highest BCUT2D eigenvalue weighted by Gasteiger charge is 2.26. The number of anilines is 2. The fraction of sp³-hybridized carbons (Fsp3) is 0.261. The van der Waals surface area contributed by atoms with E-state index in [0.29, 0.717) is 54.2 Å². The van der Waals surface area contributed by atoms with Gasteiger partial charge in [-0.2, -0.15) is 0 Å². The zero-order valence-corrected chi connectivity index (χ0v) is 19.6. The van der Waals surface area contributed by atoms with Crippen LogP contribution in [-0.2, 0) is 4.79 Å². The van der Waals surface area contributed by atoms with E-state index in [4.69, 9.17) is 32.7 Å². The average Bonchev–Trinajstić information content (AvgIpc) is 2.84. The van der Waals surface area contributed by atoms with E-state index in [1.165, 1.54) is 30.5 Å². The van der Waals surface area contributed by atoms with Gasteiger partial charge in [-0.1, -0.05) is 29.8 Å². The van der Waals surface area contributed by atoms with Gasteiger partial charge in [-0.25, -0.2) is 18.7 Å². The Morgan fingerprint density at radius 3 is 2.62 bits per heavy atom. The molecule has 1 amide bonds. The molecule has 0 atom stereocenters. The molecule has 178 valence electrons. The number of rotatable bonds is 6. The zero-order chi connectivity index (χ0) is 24.4. The van der Waals surface area contributed by atoms with Crippen molar-refractivity contribution in [2.75, 3.05) is 25.5 Å². The van der Waals surface area contributed by atoms with E-state index in [1.54, 1.807) is 12.1 Å². The monoisotopic (exact) mass is 508 g/mol. The van der Waals surface area contributed by atoms with Crippen molar-refractivity contribution in [2.45, 2.75) is 18.9 Å². The first-order valence-electron chi connectivity index (χ1n) is 10.3. The molecule has 0 aliphatic carbocycles. The van der Waals surface area contributed by atoms with Crippen LogP contribution in [0.25, 0.3) is 10.9 Å². The van der Waals surface area contributed by atoms with Gasteiger partial charge in [-0.15, -0.1) is 0 Å². The first kappa shape index (κ1) is 24.0. The van der Waals surface area contributed by atoms with Crippen LogP contribution in [0.5, 0.6) is 11.5 Å². The molecule has 2 heterocycles. The molecule has 1 aromatic heterocycles. The van der Waals surface area contributed by atoms with Gasteiger partial charge in [0.25, 0.3) is 5.91 Å². The number of nitrogens with one attached hydrogen (secondary N) is 1. The third-order valence-corrected chi connectivity index (χ3v) is 6.25. The molecule has 4 rings (SSSR count). The fourth-order valence-electron chi connectivity index (χ4n) is 3.69. The largest absolute Gasteiger partial charge is 0.493 e. The van der Waals surface area contributed by atoms with Gasteiger partial charge in [0.1, 0.15) is 18.2 Å². The van der Waals surface area contributed by atoms with Crippen LogP contribution in [0.4, 0.5) is 20.3 Å². The van der Waals surface area contributed by atoms with Crippen molar-refractivity contribution in [1.82, 2.24) is 14.9 Å². The number of methoxy groups -OCH3 is 1. The van der Waals surface area contributed by atoms with Crippen LogP contribution in [0.3, 0.4) is 0 Å². The smallest absolute Gasteiger partial charge is 0.281 e. The Morgan fingerprint density at radius 1 is 1.21 bits per heavy atom. The van der Waals surface area contributed by atoms with E-state index in [2.05, 4.69) is 21.9 Å². The van der Waals surface area contributed by atoms with Crippen molar-refractivity contribution in [3.63, 3.8) is 0 Å². The van der Waals surface area contributed by atoms with Gasteiger partial charge in [0.15, 0.2) is 23.1 Å². The van der Waals surface area contributed by atoms with Crippen LogP contribution in [0.1, 0.15) is 12.8 Å². The summed E-state index contributed by atoms with van der Waals surface area (Å²) in [6.07, 6.45) is 2.12. The minimum Gasteiger partial charge on any atom is -0.493 e. The van der Waals surface area contributed by atoms with E-state index >= 15 is 0 Å². The van der Waals surface area contributed by atoms with Gasteiger partial charge in [-0.05, 0) is 18.2 Å². The maximum Gasteiger partial charge on any atom is 0.281 e. The predicted molar refractivity (Wildman–Crippen MR) is 126 cm³/mol. The minimum absolute atomic E-state index is 0.0965. The summed E-state index contributed by atoms with van der Waals surface area (Å²) in [4.78, 5) is 21.7. The minimum atomic E-state index is -0.978. The lowest BCUT2D eigenvalue weighted by Gasteiger charge is -2.32. The highest BCUT2D eigenvalue weighted by Crippen LogP contribution is 2.37. The Kier molecular flexibility index (Phi) is 7.04. The molecule has 1 fully saturated rings. The van der Waals surface area contributed by atoms with E-state index < -0.39 is 17.6 Å².